The number of aliphatic hydroxyl groups excluding tert-OH is 1. The van der Waals surface area contributed by atoms with Crippen molar-refractivity contribution in [2.75, 3.05) is 6.54 Å². The Morgan fingerprint density at radius 3 is 3.05 bits per heavy atom. The predicted molar refractivity (Wildman–Crippen MR) is 86.4 cm³/mol. The van der Waals surface area contributed by atoms with E-state index in [1.54, 1.807) is 6.20 Å². The Kier molecular flexibility index (Phi) is 4.73. The quantitative estimate of drug-likeness (QED) is 0.908. The van der Waals surface area contributed by atoms with E-state index in [0.717, 1.165) is 48.3 Å². The van der Waals surface area contributed by atoms with E-state index in [1.165, 1.54) is 12.0 Å². The highest BCUT2D eigenvalue weighted by Crippen LogP contribution is 2.26. The molecule has 3 nitrogen and oxygen atoms in total. The van der Waals surface area contributed by atoms with Crippen LogP contribution < -0.4 is 5.32 Å². The fourth-order valence-corrected chi connectivity index (χ4v) is 3.41. The lowest BCUT2D eigenvalue weighted by Gasteiger charge is -2.26. The third kappa shape index (κ3) is 3.54. The van der Waals surface area contributed by atoms with E-state index in [2.05, 4.69) is 10.3 Å². The summed E-state index contributed by atoms with van der Waals surface area (Å²) in [6.45, 7) is 1.74. The lowest BCUT2D eigenvalue weighted by molar-refractivity contribution is 0.101. The molecule has 0 aliphatic heterocycles. The molecule has 4 heteroatoms. The van der Waals surface area contributed by atoms with Gasteiger partial charge in [0, 0.05) is 23.2 Å². The van der Waals surface area contributed by atoms with Crippen LogP contribution in [0.1, 0.15) is 31.2 Å². The molecule has 1 fully saturated rings. The van der Waals surface area contributed by atoms with E-state index in [-0.39, 0.29) is 6.10 Å². The Bertz CT molecular complexity index is 617. The van der Waals surface area contributed by atoms with Crippen LogP contribution in [0.15, 0.2) is 30.5 Å². The molecule has 1 aromatic carbocycles. The van der Waals surface area contributed by atoms with Gasteiger partial charge >= 0.3 is 0 Å². The van der Waals surface area contributed by atoms with Crippen LogP contribution in [0.25, 0.3) is 10.9 Å². The standard InChI is InChI=1S/C17H21ClN2O/c18-16-7-6-13(17-15(16)5-2-8-20-17)11-19-10-12-3-1-4-14(21)9-12/h2,5-8,12,14,19,21H,1,3-4,9-11H2. The first-order chi connectivity index (χ1) is 10.2. The minimum Gasteiger partial charge on any atom is -0.393 e. The molecule has 1 aliphatic rings. The van der Waals surface area contributed by atoms with Gasteiger partial charge in [-0.05, 0) is 55.5 Å². The zero-order chi connectivity index (χ0) is 14.7. The van der Waals surface area contributed by atoms with Crippen molar-refractivity contribution in [3.05, 3.63) is 41.0 Å². The summed E-state index contributed by atoms with van der Waals surface area (Å²) >= 11 is 6.21. The minimum atomic E-state index is -0.108. The van der Waals surface area contributed by atoms with Gasteiger partial charge in [0.05, 0.1) is 11.6 Å². The number of hydrogen-bond donors (Lipinski definition) is 2. The highest BCUT2D eigenvalue weighted by molar-refractivity contribution is 6.35. The van der Waals surface area contributed by atoms with Crippen LogP contribution in [0.2, 0.25) is 5.02 Å². The minimum absolute atomic E-state index is 0.108. The van der Waals surface area contributed by atoms with Crippen LogP contribution >= 0.6 is 11.6 Å². The Hall–Kier alpha value is -1.16. The lowest BCUT2D eigenvalue weighted by Crippen LogP contribution is -2.29. The molecule has 0 amide bonds. The summed E-state index contributed by atoms with van der Waals surface area (Å²) in [6.07, 6.45) is 5.93. The van der Waals surface area contributed by atoms with Gasteiger partial charge in [0.1, 0.15) is 0 Å². The summed E-state index contributed by atoms with van der Waals surface area (Å²) in [5, 5.41) is 15.0. The number of benzene rings is 1. The monoisotopic (exact) mass is 304 g/mol. The molecule has 0 bridgehead atoms. The largest absolute Gasteiger partial charge is 0.393 e. The number of rotatable bonds is 4. The molecule has 112 valence electrons. The maximum atomic E-state index is 9.72. The smallest absolute Gasteiger partial charge is 0.0761 e. The summed E-state index contributed by atoms with van der Waals surface area (Å²) in [6, 6.07) is 7.90. The molecular formula is C17H21ClN2O. The Morgan fingerprint density at radius 1 is 1.29 bits per heavy atom. The average molecular weight is 305 g/mol. The highest BCUT2D eigenvalue weighted by Gasteiger charge is 2.19. The predicted octanol–water partition coefficient (Wildman–Crippen LogP) is 3.53. The van der Waals surface area contributed by atoms with Crippen molar-refractivity contribution in [2.24, 2.45) is 5.92 Å². The first-order valence-electron chi connectivity index (χ1n) is 7.65. The van der Waals surface area contributed by atoms with Crippen LogP contribution in [-0.4, -0.2) is 22.7 Å². The third-order valence-electron chi connectivity index (χ3n) is 4.30. The number of nitrogens with one attached hydrogen (secondary N) is 1. The SMILES string of the molecule is OC1CCCC(CNCc2ccc(Cl)c3cccnc23)C1. The molecule has 2 N–H and O–H groups in total. The summed E-state index contributed by atoms with van der Waals surface area (Å²) in [5.74, 6) is 0.584. The molecule has 1 aromatic heterocycles. The Morgan fingerprint density at radius 2 is 2.19 bits per heavy atom. The summed E-state index contributed by atoms with van der Waals surface area (Å²) in [5.41, 5.74) is 2.15. The number of aliphatic hydroxyl groups is 1. The summed E-state index contributed by atoms with van der Waals surface area (Å²) in [4.78, 5) is 4.46. The summed E-state index contributed by atoms with van der Waals surface area (Å²) < 4.78 is 0. The van der Waals surface area contributed by atoms with Crippen molar-refractivity contribution in [1.82, 2.24) is 10.3 Å². The van der Waals surface area contributed by atoms with Crippen molar-refractivity contribution in [3.63, 3.8) is 0 Å². The van der Waals surface area contributed by atoms with Crippen molar-refractivity contribution in [1.29, 1.82) is 0 Å². The number of halogens is 1. The van der Waals surface area contributed by atoms with Crippen LogP contribution in [-0.2, 0) is 6.54 Å². The van der Waals surface area contributed by atoms with Gasteiger partial charge in [0.2, 0.25) is 0 Å². The zero-order valence-corrected chi connectivity index (χ0v) is 12.8. The molecule has 2 atom stereocenters. The maximum Gasteiger partial charge on any atom is 0.0761 e. The number of nitrogens with zero attached hydrogens (tertiary/aromatic N) is 1. The van der Waals surface area contributed by atoms with Gasteiger partial charge < -0.3 is 10.4 Å². The molecule has 1 heterocycles. The molecule has 0 saturated heterocycles. The molecule has 0 radical (unpaired) electrons. The maximum absolute atomic E-state index is 9.72. The van der Waals surface area contributed by atoms with Crippen molar-refractivity contribution in [2.45, 2.75) is 38.3 Å². The van der Waals surface area contributed by atoms with Gasteiger partial charge in [0.15, 0.2) is 0 Å². The van der Waals surface area contributed by atoms with Gasteiger partial charge in [-0.25, -0.2) is 0 Å². The Labute approximate surface area is 130 Å². The van der Waals surface area contributed by atoms with Crippen molar-refractivity contribution >= 4 is 22.5 Å². The molecule has 2 unspecified atom stereocenters. The van der Waals surface area contributed by atoms with Gasteiger partial charge in [0.25, 0.3) is 0 Å². The molecule has 21 heavy (non-hydrogen) atoms. The molecular weight excluding hydrogens is 284 g/mol. The highest BCUT2D eigenvalue weighted by atomic mass is 35.5. The second-order valence-corrected chi connectivity index (χ2v) is 6.33. The fraction of sp³-hybridized carbons (Fsp3) is 0.471. The van der Waals surface area contributed by atoms with Crippen LogP contribution in [0.4, 0.5) is 0 Å². The van der Waals surface area contributed by atoms with Crippen molar-refractivity contribution in [3.8, 4) is 0 Å². The number of aromatic nitrogens is 1. The zero-order valence-electron chi connectivity index (χ0n) is 12.1. The molecule has 1 aliphatic carbocycles. The number of fused-ring (bicyclic) bond motifs is 1. The lowest BCUT2D eigenvalue weighted by atomic mass is 9.87. The first kappa shape index (κ1) is 14.8. The van der Waals surface area contributed by atoms with E-state index >= 15 is 0 Å². The van der Waals surface area contributed by atoms with E-state index < -0.39 is 0 Å². The molecule has 3 rings (SSSR count). The average Bonchev–Trinajstić information content (AvgIpc) is 2.50. The van der Waals surface area contributed by atoms with Crippen LogP contribution in [0.5, 0.6) is 0 Å². The van der Waals surface area contributed by atoms with Crippen molar-refractivity contribution < 1.29 is 5.11 Å². The topological polar surface area (TPSA) is 45.1 Å². The molecule has 2 aromatic rings. The van der Waals surface area contributed by atoms with Crippen LogP contribution in [0.3, 0.4) is 0 Å². The van der Waals surface area contributed by atoms with E-state index in [9.17, 15) is 5.11 Å². The second kappa shape index (κ2) is 6.73. The third-order valence-corrected chi connectivity index (χ3v) is 4.63. The first-order valence-corrected chi connectivity index (χ1v) is 8.02. The Balaban J connectivity index is 1.64. The second-order valence-electron chi connectivity index (χ2n) is 5.92. The van der Waals surface area contributed by atoms with Gasteiger partial charge in [-0.1, -0.05) is 24.1 Å². The normalized spacial score (nSPS) is 22.6. The molecule has 1 saturated carbocycles. The summed E-state index contributed by atoms with van der Waals surface area (Å²) in [7, 11) is 0. The fourth-order valence-electron chi connectivity index (χ4n) is 3.20. The molecule has 0 spiro atoms. The number of pyridine rings is 1. The van der Waals surface area contributed by atoms with E-state index in [0.29, 0.717) is 5.92 Å². The van der Waals surface area contributed by atoms with Crippen LogP contribution in [0, 0.1) is 5.92 Å². The number of hydrogen-bond acceptors (Lipinski definition) is 3. The van der Waals surface area contributed by atoms with Gasteiger partial charge in [-0.2, -0.15) is 0 Å². The van der Waals surface area contributed by atoms with Gasteiger partial charge in [-0.15, -0.1) is 0 Å². The van der Waals surface area contributed by atoms with E-state index in [4.69, 9.17) is 11.6 Å². The van der Waals surface area contributed by atoms with E-state index in [1.807, 2.05) is 24.3 Å². The van der Waals surface area contributed by atoms with Gasteiger partial charge in [-0.3, -0.25) is 4.98 Å².